The summed E-state index contributed by atoms with van der Waals surface area (Å²) in [5, 5.41) is 2.97. The molecule has 3 rings (SSSR count). The summed E-state index contributed by atoms with van der Waals surface area (Å²) < 4.78 is 62.8. The summed E-state index contributed by atoms with van der Waals surface area (Å²) >= 11 is 0. The average molecular weight is 437 g/mol. The summed E-state index contributed by atoms with van der Waals surface area (Å²) in [6, 6.07) is 10.4. The number of nitrogens with zero attached hydrogens (tertiary/aromatic N) is 3. The Morgan fingerprint density at radius 1 is 1.20 bits per heavy atom. The van der Waals surface area contributed by atoms with Crippen LogP contribution >= 0.6 is 0 Å². The first-order valence-electron chi connectivity index (χ1n) is 8.67. The molecule has 0 aliphatic carbocycles. The highest BCUT2D eigenvalue weighted by atomic mass is 32.2. The van der Waals surface area contributed by atoms with Crippen LogP contribution in [0.5, 0.6) is 5.75 Å². The Morgan fingerprint density at radius 2 is 2.00 bits per heavy atom. The van der Waals surface area contributed by atoms with Gasteiger partial charge in [-0.2, -0.15) is 4.98 Å². The molecule has 11 heteroatoms. The molecular formula is C19H18F3N5O2S. The Balaban J connectivity index is 1.86. The van der Waals surface area contributed by atoms with Crippen molar-refractivity contribution in [2.75, 3.05) is 18.2 Å². The standard InChI is InChI=1S/C19H18F3N5O2S/c1-30(23,28)10-12-3-2-4-14(7-12)26-19-25-11-24-18(27-19)15-6-5-13(20)8-16(15)29-9-17(21)22/h2-8,11,17,23H,9-10H2,1H3,(H,24,25,26,27). The van der Waals surface area contributed by atoms with Gasteiger partial charge in [0.2, 0.25) is 5.95 Å². The maximum atomic E-state index is 13.5. The van der Waals surface area contributed by atoms with Crippen molar-refractivity contribution in [1.29, 1.82) is 4.78 Å². The van der Waals surface area contributed by atoms with Crippen molar-refractivity contribution in [3.8, 4) is 17.1 Å². The molecule has 0 aliphatic rings. The van der Waals surface area contributed by atoms with Gasteiger partial charge >= 0.3 is 0 Å². The third-order valence-corrected chi connectivity index (χ3v) is 4.63. The molecule has 7 nitrogen and oxygen atoms in total. The molecule has 0 saturated heterocycles. The SMILES string of the molecule is CS(=N)(=O)Cc1cccc(Nc2ncnc(-c3ccc(F)cc3OCC(F)F)n2)c1. The number of anilines is 2. The van der Waals surface area contributed by atoms with Crippen LogP contribution in [0.1, 0.15) is 5.56 Å². The number of hydrogen-bond donors (Lipinski definition) is 2. The van der Waals surface area contributed by atoms with Gasteiger partial charge in [-0.3, -0.25) is 4.78 Å². The monoisotopic (exact) mass is 437 g/mol. The Hall–Kier alpha value is -3.21. The number of halogens is 3. The summed E-state index contributed by atoms with van der Waals surface area (Å²) in [5.41, 5.74) is 1.54. The van der Waals surface area contributed by atoms with E-state index in [0.29, 0.717) is 11.3 Å². The largest absolute Gasteiger partial charge is 0.487 e. The summed E-state index contributed by atoms with van der Waals surface area (Å²) in [6.07, 6.45) is -0.135. The van der Waals surface area contributed by atoms with Crippen molar-refractivity contribution >= 4 is 21.4 Å². The topological polar surface area (TPSA) is 101 Å². The third-order valence-electron chi connectivity index (χ3n) is 3.75. The molecule has 30 heavy (non-hydrogen) atoms. The summed E-state index contributed by atoms with van der Waals surface area (Å²) in [4.78, 5) is 12.3. The molecule has 0 amide bonds. The zero-order valence-electron chi connectivity index (χ0n) is 15.8. The second-order valence-corrected chi connectivity index (χ2v) is 8.75. The van der Waals surface area contributed by atoms with Crippen molar-refractivity contribution < 1.29 is 22.1 Å². The Kier molecular flexibility index (Phi) is 6.50. The minimum atomic E-state index is -2.72. The van der Waals surface area contributed by atoms with Gasteiger partial charge in [-0.1, -0.05) is 12.1 Å². The first-order valence-corrected chi connectivity index (χ1v) is 10.8. The lowest BCUT2D eigenvalue weighted by Gasteiger charge is -2.12. The second kappa shape index (κ2) is 9.08. The van der Waals surface area contributed by atoms with Gasteiger partial charge in [0.05, 0.1) is 11.3 Å². The van der Waals surface area contributed by atoms with Gasteiger partial charge < -0.3 is 10.1 Å². The maximum absolute atomic E-state index is 13.5. The van der Waals surface area contributed by atoms with E-state index in [0.717, 1.165) is 12.1 Å². The van der Waals surface area contributed by atoms with Crippen LogP contribution in [0.25, 0.3) is 11.4 Å². The molecule has 0 spiro atoms. The predicted molar refractivity (Wildman–Crippen MR) is 107 cm³/mol. The van der Waals surface area contributed by atoms with Crippen molar-refractivity contribution in [1.82, 2.24) is 15.0 Å². The molecule has 3 aromatic rings. The molecule has 0 radical (unpaired) electrons. The van der Waals surface area contributed by atoms with E-state index in [1.54, 1.807) is 24.3 Å². The van der Waals surface area contributed by atoms with E-state index in [1.807, 2.05) is 0 Å². The highest BCUT2D eigenvalue weighted by Crippen LogP contribution is 2.29. The molecule has 1 atom stereocenters. The molecule has 2 aromatic carbocycles. The third kappa shape index (κ3) is 6.14. The van der Waals surface area contributed by atoms with Crippen LogP contribution < -0.4 is 10.1 Å². The van der Waals surface area contributed by atoms with Crippen LogP contribution in [0.2, 0.25) is 0 Å². The molecule has 158 valence electrons. The first-order chi connectivity index (χ1) is 14.2. The molecule has 0 aliphatic heterocycles. The van der Waals surface area contributed by atoms with E-state index in [1.165, 1.54) is 18.6 Å². The van der Waals surface area contributed by atoms with Gasteiger partial charge in [0.15, 0.2) is 5.82 Å². The number of nitrogens with one attached hydrogen (secondary N) is 2. The fourth-order valence-corrected chi connectivity index (χ4v) is 3.44. The minimum Gasteiger partial charge on any atom is -0.487 e. The van der Waals surface area contributed by atoms with Crippen molar-refractivity contribution in [3.05, 3.63) is 60.2 Å². The Labute approximate surface area is 171 Å². The summed E-state index contributed by atoms with van der Waals surface area (Å²) in [7, 11) is -2.70. The van der Waals surface area contributed by atoms with Crippen LogP contribution in [0.3, 0.4) is 0 Å². The van der Waals surface area contributed by atoms with Crippen LogP contribution in [0.15, 0.2) is 48.8 Å². The summed E-state index contributed by atoms with van der Waals surface area (Å²) in [6.45, 7) is -0.893. The predicted octanol–water partition coefficient (Wildman–Crippen LogP) is 4.24. The molecule has 1 heterocycles. The van der Waals surface area contributed by atoms with Gasteiger partial charge in [-0.15, -0.1) is 0 Å². The molecule has 0 fully saturated rings. The lowest BCUT2D eigenvalue weighted by atomic mass is 10.2. The van der Waals surface area contributed by atoms with Crippen molar-refractivity contribution in [2.45, 2.75) is 12.2 Å². The fourth-order valence-electron chi connectivity index (χ4n) is 2.63. The number of alkyl halides is 2. The van der Waals surface area contributed by atoms with Gasteiger partial charge in [-0.05, 0) is 29.8 Å². The molecule has 2 N–H and O–H groups in total. The van der Waals surface area contributed by atoms with Crippen LogP contribution in [-0.4, -0.2) is 38.4 Å². The van der Waals surface area contributed by atoms with Crippen LogP contribution in [0, 0.1) is 10.6 Å². The maximum Gasteiger partial charge on any atom is 0.272 e. The van der Waals surface area contributed by atoms with E-state index in [2.05, 4.69) is 20.3 Å². The van der Waals surface area contributed by atoms with Gasteiger partial charge in [0, 0.05) is 27.7 Å². The quantitative estimate of drug-likeness (QED) is 0.547. The Morgan fingerprint density at radius 3 is 2.73 bits per heavy atom. The van der Waals surface area contributed by atoms with E-state index in [4.69, 9.17) is 9.52 Å². The first kappa shape index (κ1) is 21.5. The van der Waals surface area contributed by atoms with E-state index in [9.17, 15) is 17.4 Å². The van der Waals surface area contributed by atoms with E-state index < -0.39 is 28.6 Å². The fraction of sp³-hybridized carbons (Fsp3) is 0.211. The number of hydrogen-bond acceptors (Lipinski definition) is 7. The van der Waals surface area contributed by atoms with E-state index in [-0.39, 0.29) is 28.8 Å². The van der Waals surface area contributed by atoms with Crippen LogP contribution in [0.4, 0.5) is 24.8 Å². The Bertz CT molecular complexity index is 1140. The van der Waals surface area contributed by atoms with Crippen LogP contribution in [-0.2, 0) is 15.5 Å². The lowest BCUT2D eigenvalue weighted by Crippen LogP contribution is -2.08. The van der Waals surface area contributed by atoms with Gasteiger partial charge in [0.25, 0.3) is 6.43 Å². The van der Waals surface area contributed by atoms with Crippen molar-refractivity contribution in [3.63, 3.8) is 0 Å². The number of ether oxygens (including phenoxy) is 1. The lowest BCUT2D eigenvalue weighted by molar-refractivity contribution is 0.0820. The van der Waals surface area contributed by atoms with E-state index >= 15 is 0 Å². The molecular weight excluding hydrogens is 419 g/mol. The van der Waals surface area contributed by atoms with Gasteiger partial charge in [0.1, 0.15) is 24.5 Å². The average Bonchev–Trinajstić information content (AvgIpc) is 2.65. The zero-order chi connectivity index (χ0) is 21.7. The molecule has 0 bridgehead atoms. The number of rotatable bonds is 8. The summed E-state index contributed by atoms with van der Waals surface area (Å²) in [5.74, 6) is -0.387. The minimum absolute atomic E-state index is 0.103. The molecule has 1 unspecified atom stereocenters. The number of aromatic nitrogens is 3. The highest BCUT2D eigenvalue weighted by Gasteiger charge is 2.14. The molecule has 1 aromatic heterocycles. The number of benzene rings is 2. The highest BCUT2D eigenvalue weighted by molar-refractivity contribution is 7.90. The second-order valence-electron chi connectivity index (χ2n) is 6.45. The smallest absolute Gasteiger partial charge is 0.272 e. The zero-order valence-corrected chi connectivity index (χ0v) is 16.6. The normalized spacial score (nSPS) is 13.1. The molecule has 0 saturated carbocycles. The van der Waals surface area contributed by atoms with Gasteiger partial charge in [-0.25, -0.2) is 27.3 Å². The van der Waals surface area contributed by atoms with Crippen molar-refractivity contribution in [2.24, 2.45) is 0 Å².